The number of hydrogen-bond donors (Lipinski definition) is 2. The minimum Gasteiger partial charge on any atom is -0.451 e. The van der Waals surface area contributed by atoms with Crippen molar-refractivity contribution < 1.29 is 23.9 Å². The summed E-state index contributed by atoms with van der Waals surface area (Å²) in [5.74, 6) is -1.63. The molecule has 0 aliphatic carbocycles. The van der Waals surface area contributed by atoms with Crippen LogP contribution in [-0.4, -0.2) is 36.6 Å². The summed E-state index contributed by atoms with van der Waals surface area (Å²) in [6.45, 7) is 1.95. The number of carbonyl (C=O) groups excluding carboxylic acids is 3. The van der Waals surface area contributed by atoms with E-state index in [2.05, 4.69) is 10.9 Å². The van der Waals surface area contributed by atoms with Crippen LogP contribution < -0.4 is 10.9 Å². The summed E-state index contributed by atoms with van der Waals surface area (Å²) < 4.78 is 10.2. The van der Waals surface area contributed by atoms with E-state index in [0.717, 1.165) is 6.42 Å². The second-order valence-electron chi connectivity index (χ2n) is 4.89. The van der Waals surface area contributed by atoms with Crippen molar-refractivity contribution in [3.63, 3.8) is 0 Å². The van der Waals surface area contributed by atoms with Crippen LogP contribution in [-0.2, 0) is 19.1 Å². The smallest absolute Gasteiger partial charge is 0.336 e. The third-order valence-corrected chi connectivity index (χ3v) is 3.19. The fraction of sp³-hybridized carbons (Fsp3) is 0.400. The first kappa shape index (κ1) is 16.0. The van der Waals surface area contributed by atoms with Crippen LogP contribution >= 0.6 is 0 Å². The molecule has 2 rings (SSSR count). The Labute approximate surface area is 127 Å². The highest BCUT2D eigenvalue weighted by molar-refractivity contribution is 5.95. The molecule has 7 nitrogen and oxygen atoms in total. The molecule has 0 bridgehead atoms. The summed E-state index contributed by atoms with van der Waals surface area (Å²) >= 11 is 0. The van der Waals surface area contributed by atoms with Crippen LogP contribution in [0.15, 0.2) is 30.3 Å². The Morgan fingerprint density at radius 1 is 1.23 bits per heavy atom. The summed E-state index contributed by atoms with van der Waals surface area (Å²) in [6, 6.07) is 8.43. The quantitative estimate of drug-likeness (QED) is 0.626. The molecule has 22 heavy (non-hydrogen) atoms. The van der Waals surface area contributed by atoms with Gasteiger partial charge in [0.05, 0.1) is 0 Å². The van der Waals surface area contributed by atoms with Gasteiger partial charge in [-0.1, -0.05) is 18.2 Å². The van der Waals surface area contributed by atoms with Crippen molar-refractivity contribution in [1.82, 2.24) is 10.9 Å². The van der Waals surface area contributed by atoms with Gasteiger partial charge in [0.25, 0.3) is 11.8 Å². The van der Waals surface area contributed by atoms with Gasteiger partial charge in [-0.05, 0) is 31.9 Å². The summed E-state index contributed by atoms with van der Waals surface area (Å²) in [5.41, 5.74) is 4.89. The summed E-state index contributed by atoms with van der Waals surface area (Å²) in [6.07, 6.45) is -0.229. The number of nitrogens with one attached hydrogen (secondary N) is 2. The van der Waals surface area contributed by atoms with Crippen molar-refractivity contribution in [1.29, 1.82) is 0 Å². The molecule has 2 amide bonds. The van der Waals surface area contributed by atoms with Crippen molar-refractivity contribution in [2.24, 2.45) is 0 Å². The van der Waals surface area contributed by atoms with Gasteiger partial charge < -0.3 is 9.47 Å². The van der Waals surface area contributed by atoms with Crippen molar-refractivity contribution in [3.8, 4) is 0 Å². The molecule has 0 radical (unpaired) electrons. The molecule has 2 N–H and O–H groups in total. The standard InChI is InChI=1S/C15H18N2O5/c1-10(22-15(20)12-8-5-9-21-12)13(18)16-17-14(19)11-6-3-2-4-7-11/h2-4,6-7,10,12H,5,8-9H2,1H3,(H,16,18)(H,17,19)/t10-,12+/m0/s1. The lowest BCUT2D eigenvalue weighted by Crippen LogP contribution is -2.47. The number of rotatable bonds is 4. The topological polar surface area (TPSA) is 93.7 Å². The molecular weight excluding hydrogens is 288 g/mol. The summed E-state index contributed by atoms with van der Waals surface area (Å²) in [7, 11) is 0. The maximum absolute atomic E-state index is 11.8. The van der Waals surface area contributed by atoms with E-state index in [4.69, 9.17) is 9.47 Å². The third kappa shape index (κ3) is 4.29. The Morgan fingerprint density at radius 2 is 1.95 bits per heavy atom. The minimum atomic E-state index is -1.02. The first-order chi connectivity index (χ1) is 10.6. The van der Waals surface area contributed by atoms with Crippen molar-refractivity contribution in [3.05, 3.63) is 35.9 Å². The third-order valence-electron chi connectivity index (χ3n) is 3.19. The van der Waals surface area contributed by atoms with Crippen LogP contribution in [0.4, 0.5) is 0 Å². The van der Waals surface area contributed by atoms with Gasteiger partial charge in [-0.2, -0.15) is 0 Å². The van der Waals surface area contributed by atoms with Crippen molar-refractivity contribution in [2.45, 2.75) is 32.0 Å². The molecule has 1 aromatic rings. The molecule has 2 atom stereocenters. The zero-order valence-electron chi connectivity index (χ0n) is 12.2. The largest absolute Gasteiger partial charge is 0.451 e. The van der Waals surface area contributed by atoms with Crippen LogP contribution in [0.25, 0.3) is 0 Å². The number of hydrazine groups is 1. The first-order valence-electron chi connectivity index (χ1n) is 7.05. The van der Waals surface area contributed by atoms with Crippen LogP contribution in [0.5, 0.6) is 0 Å². The Hall–Kier alpha value is -2.41. The molecule has 7 heteroatoms. The van der Waals surface area contributed by atoms with Gasteiger partial charge >= 0.3 is 5.97 Å². The van der Waals surface area contributed by atoms with Crippen LogP contribution in [0.3, 0.4) is 0 Å². The minimum absolute atomic E-state index is 0.409. The maximum Gasteiger partial charge on any atom is 0.336 e. The average Bonchev–Trinajstić information content (AvgIpc) is 3.07. The van der Waals surface area contributed by atoms with Crippen LogP contribution in [0, 0.1) is 0 Å². The van der Waals surface area contributed by atoms with E-state index in [0.29, 0.717) is 18.6 Å². The lowest BCUT2D eigenvalue weighted by Gasteiger charge is -2.16. The lowest BCUT2D eigenvalue weighted by atomic mass is 10.2. The van der Waals surface area contributed by atoms with Gasteiger partial charge in [0, 0.05) is 12.2 Å². The Balaban J connectivity index is 1.76. The number of benzene rings is 1. The van der Waals surface area contributed by atoms with E-state index < -0.39 is 30.0 Å². The monoisotopic (exact) mass is 306 g/mol. The number of ether oxygens (including phenoxy) is 2. The lowest BCUT2D eigenvalue weighted by molar-refractivity contribution is -0.163. The highest BCUT2D eigenvalue weighted by Gasteiger charge is 2.28. The van der Waals surface area contributed by atoms with Crippen molar-refractivity contribution >= 4 is 17.8 Å². The second kappa shape index (κ2) is 7.56. The van der Waals surface area contributed by atoms with Gasteiger partial charge in [-0.3, -0.25) is 20.4 Å². The molecule has 1 heterocycles. The molecule has 1 aromatic carbocycles. The molecule has 0 unspecified atom stereocenters. The van der Waals surface area contributed by atoms with E-state index in [1.165, 1.54) is 6.92 Å². The van der Waals surface area contributed by atoms with E-state index in [1.54, 1.807) is 30.3 Å². The molecule has 1 aliphatic rings. The summed E-state index contributed by atoms with van der Waals surface area (Å²) in [4.78, 5) is 35.2. The number of hydrogen-bond acceptors (Lipinski definition) is 5. The fourth-order valence-corrected chi connectivity index (χ4v) is 1.95. The van der Waals surface area contributed by atoms with E-state index >= 15 is 0 Å². The van der Waals surface area contributed by atoms with Gasteiger partial charge in [-0.25, -0.2) is 4.79 Å². The Kier molecular flexibility index (Phi) is 5.48. The van der Waals surface area contributed by atoms with E-state index in [-0.39, 0.29) is 0 Å². The predicted molar refractivity (Wildman–Crippen MR) is 76.6 cm³/mol. The first-order valence-corrected chi connectivity index (χ1v) is 7.05. The Morgan fingerprint density at radius 3 is 2.59 bits per heavy atom. The molecule has 1 saturated heterocycles. The summed E-state index contributed by atoms with van der Waals surface area (Å²) in [5, 5.41) is 0. The maximum atomic E-state index is 11.8. The molecule has 0 spiro atoms. The number of carbonyl (C=O) groups is 3. The van der Waals surface area contributed by atoms with Gasteiger partial charge in [0.2, 0.25) is 0 Å². The normalized spacial score (nSPS) is 18.3. The fourth-order valence-electron chi connectivity index (χ4n) is 1.95. The van der Waals surface area contributed by atoms with Crippen molar-refractivity contribution in [2.75, 3.05) is 6.61 Å². The molecule has 0 saturated carbocycles. The highest BCUT2D eigenvalue weighted by Crippen LogP contribution is 2.14. The molecule has 1 fully saturated rings. The molecule has 1 aliphatic heterocycles. The average molecular weight is 306 g/mol. The zero-order valence-corrected chi connectivity index (χ0v) is 12.2. The van der Waals surface area contributed by atoms with E-state index in [9.17, 15) is 14.4 Å². The van der Waals surface area contributed by atoms with Crippen LogP contribution in [0.1, 0.15) is 30.1 Å². The Bertz CT molecular complexity index is 540. The van der Waals surface area contributed by atoms with Gasteiger partial charge in [-0.15, -0.1) is 0 Å². The second-order valence-corrected chi connectivity index (χ2v) is 4.89. The van der Waals surface area contributed by atoms with Gasteiger partial charge in [0.15, 0.2) is 12.2 Å². The predicted octanol–water partition coefficient (Wildman–Crippen LogP) is 0.558. The van der Waals surface area contributed by atoms with E-state index in [1.807, 2.05) is 0 Å². The van der Waals surface area contributed by atoms with Gasteiger partial charge in [0.1, 0.15) is 0 Å². The number of amides is 2. The highest BCUT2D eigenvalue weighted by atomic mass is 16.6. The molecular formula is C15H18N2O5. The molecule has 118 valence electrons. The molecule has 0 aromatic heterocycles. The SMILES string of the molecule is C[C@H](OC(=O)[C@H]1CCCO1)C(=O)NNC(=O)c1ccccc1. The van der Waals surface area contributed by atoms with Crippen LogP contribution in [0.2, 0.25) is 0 Å². The number of esters is 1. The zero-order chi connectivity index (χ0) is 15.9.